The Hall–Kier alpha value is -3.56. The van der Waals surface area contributed by atoms with Gasteiger partial charge in [-0.1, -0.05) is 42.0 Å². The monoisotopic (exact) mass is 451 g/mol. The van der Waals surface area contributed by atoms with Gasteiger partial charge in [-0.2, -0.15) is 0 Å². The van der Waals surface area contributed by atoms with Gasteiger partial charge >= 0.3 is 0 Å². The van der Waals surface area contributed by atoms with E-state index >= 15 is 0 Å². The van der Waals surface area contributed by atoms with E-state index in [9.17, 15) is 24.8 Å². The van der Waals surface area contributed by atoms with Gasteiger partial charge in [0.15, 0.2) is 0 Å². The Morgan fingerprint density at radius 1 is 1.09 bits per heavy atom. The molecular formula is C24H25N3O6. The number of ketones is 1. The number of Topliss-reactive ketones (excluding diaryl/α,β-unsaturated/α-hetero) is 1. The first-order valence-corrected chi connectivity index (χ1v) is 10.8. The largest absolute Gasteiger partial charge is 0.507 e. The van der Waals surface area contributed by atoms with Crippen LogP contribution in [0.4, 0.5) is 5.69 Å². The minimum atomic E-state index is -1.06. The molecule has 1 amide bonds. The lowest BCUT2D eigenvalue weighted by Crippen LogP contribution is -2.42. The minimum Gasteiger partial charge on any atom is -0.507 e. The van der Waals surface area contributed by atoms with Gasteiger partial charge < -0.3 is 14.7 Å². The molecule has 2 fully saturated rings. The zero-order valence-corrected chi connectivity index (χ0v) is 18.3. The SMILES string of the molecule is Cc1ccc(C(O)=C2C(=O)C(=O)N(CCN3CCOCC3)C2c2ccccc2[N+](=O)[O-])cc1. The fraction of sp³-hybridized carbons (Fsp3) is 0.333. The van der Waals surface area contributed by atoms with Crippen LogP contribution in [0.2, 0.25) is 0 Å². The number of carbonyl (C=O) groups excluding carboxylic acids is 2. The van der Waals surface area contributed by atoms with Crippen molar-refractivity contribution in [2.24, 2.45) is 0 Å². The van der Waals surface area contributed by atoms with Crippen LogP contribution < -0.4 is 0 Å². The molecule has 172 valence electrons. The van der Waals surface area contributed by atoms with Gasteiger partial charge in [0.05, 0.1) is 35.3 Å². The fourth-order valence-corrected chi connectivity index (χ4v) is 4.26. The number of nitrogens with zero attached hydrogens (tertiary/aromatic N) is 3. The van der Waals surface area contributed by atoms with E-state index < -0.39 is 22.7 Å². The summed E-state index contributed by atoms with van der Waals surface area (Å²) in [6, 6.07) is 11.8. The molecule has 9 heteroatoms. The number of rotatable bonds is 6. The summed E-state index contributed by atoms with van der Waals surface area (Å²) in [6.45, 7) is 5.12. The van der Waals surface area contributed by atoms with Gasteiger partial charge in [-0.15, -0.1) is 0 Å². The summed E-state index contributed by atoms with van der Waals surface area (Å²) in [6.07, 6.45) is 0. The zero-order valence-electron chi connectivity index (χ0n) is 18.3. The second-order valence-electron chi connectivity index (χ2n) is 8.13. The number of amides is 1. The lowest BCUT2D eigenvalue weighted by molar-refractivity contribution is -0.385. The molecular weight excluding hydrogens is 426 g/mol. The maximum atomic E-state index is 13.1. The number of carbonyl (C=O) groups is 2. The molecule has 0 saturated carbocycles. The predicted molar refractivity (Wildman–Crippen MR) is 121 cm³/mol. The molecule has 0 aromatic heterocycles. The molecule has 2 saturated heterocycles. The average molecular weight is 451 g/mol. The summed E-state index contributed by atoms with van der Waals surface area (Å²) in [5.74, 6) is -1.97. The van der Waals surface area contributed by atoms with Crippen molar-refractivity contribution in [1.82, 2.24) is 9.80 Å². The summed E-state index contributed by atoms with van der Waals surface area (Å²) in [5, 5.41) is 22.8. The van der Waals surface area contributed by atoms with Crippen molar-refractivity contribution in [3.8, 4) is 0 Å². The highest BCUT2D eigenvalue weighted by Crippen LogP contribution is 2.42. The molecule has 33 heavy (non-hydrogen) atoms. The fourth-order valence-electron chi connectivity index (χ4n) is 4.26. The molecule has 1 unspecified atom stereocenters. The Bertz CT molecular complexity index is 1110. The van der Waals surface area contributed by atoms with E-state index in [-0.39, 0.29) is 29.1 Å². The number of likely N-dealkylation sites (tertiary alicyclic amines) is 1. The first-order chi connectivity index (χ1) is 15.9. The van der Waals surface area contributed by atoms with Crippen LogP contribution in [-0.2, 0) is 14.3 Å². The molecule has 2 aliphatic heterocycles. The molecule has 2 aliphatic rings. The number of para-hydroxylation sites is 1. The van der Waals surface area contributed by atoms with Crippen LogP contribution in [0.25, 0.3) is 5.76 Å². The highest BCUT2D eigenvalue weighted by molar-refractivity contribution is 6.46. The normalized spacial score (nSPS) is 20.9. The first-order valence-electron chi connectivity index (χ1n) is 10.8. The van der Waals surface area contributed by atoms with Gasteiger partial charge in [0, 0.05) is 37.8 Å². The Kier molecular flexibility index (Phi) is 6.52. The second-order valence-corrected chi connectivity index (χ2v) is 8.13. The molecule has 0 bridgehead atoms. The Balaban J connectivity index is 1.80. The van der Waals surface area contributed by atoms with Gasteiger partial charge in [0.1, 0.15) is 5.76 Å². The van der Waals surface area contributed by atoms with E-state index in [0.717, 1.165) is 5.56 Å². The average Bonchev–Trinajstić information content (AvgIpc) is 3.08. The van der Waals surface area contributed by atoms with Gasteiger partial charge in [-0.05, 0) is 13.0 Å². The van der Waals surface area contributed by atoms with Crippen molar-refractivity contribution < 1.29 is 24.4 Å². The van der Waals surface area contributed by atoms with E-state index in [1.165, 1.54) is 23.1 Å². The van der Waals surface area contributed by atoms with E-state index in [1.807, 2.05) is 6.92 Å². The van der Waals surface area contributed by atoms with Crippen LogP contribution >= 0.6 is 0 Å². The Labute approximate surface area is 191 Å². The number of aliphatic hydroxyl groups excluding tert-OH is 1. The summed E-state index contributed by atoms with van der Waals surface area (Å²) in [5.41, 5.74) is 1.18. The van der Waals surface area contributed by atoms with E-state index in [0.29, 0.717) is 38.4 Å². The molecule has 0 radical (unpaired) electrons. The Morgan fingerprint density at radius 3 is 2.42 bits per heavy atom. The van der Waals surface area contributed by atoms with Crippen LogP contribution in [0, 0.1) is 17.0 Å². The van der Waals surface area contributed by atoms with Crippen molar-refractivity contribution in [3.05, 3.63) is 80.9 Å². The van der Waals surface area contributed by atoms with Gasteiger partial charge in [0.25, 0.3) is 17.4 Å². The molecule has 1 N–H and O–H groups in total. The van der Waals surface area contributed by atoms with Crippen molar-refractivity contribution in [1.29, 1.82) is 0 Å². The number of aliphatic hydroxyl groups is 1. The van der Waals surface area contributed by atoms with Crippen LogP contribution in [0.1, 0.15) is 22.7 Å². The topological polar surface area (TPSA) is 113 Å². The van der Waals surface area contributed by atoms with Gasteiger partial charge in [0.2, 0.25) is 0 Å². The van der Waals surface area contributed by atoms with Crippen molar-refractivity contribution in [3.63, 3.8) is 0 Å². The third kappa shape index (κ3) is 4.50. The highest BCUT2D eigenvalue weighted by atomic mass is 16.6. The molecule has 0 spiro atoms. The van der Waals surface area contributed by atoms with Crippen LogP contribution in [0.3, 0.4) is 0 Å². The number of ether oxygens (including phenoxy) is 1. The maximum Gasteiger partial charge on any atom is 0.295 e. The molecule has 9 nitrogen and oxygen atoms in total. The van der Waals surface area contributed by atoms with Gasteiger partial charge in [-0.25, -0.2) is 0 Å². The number of nitro groups is 1. The first kappa shape index (κ1) is 22.6. The van der Waals surface area contributed by atoms with Crippen LogP contribution in [-0.4, -0.2) is 70.9 Å². The lowest BCUT2D eigenvalue weighted by atomic mass is 9.94. The summed E-state index contributed by atoms with van der Waals surface area (Å²) < 4.78 is 5.36. The van der Waals surface area contributed by atoms with Crippen LogP contribution in [0.5, 0.6) is 0 Å². The molecule has 2 heterocycles. The maximum absolute atomic E-state index is 13.1. The summed E-state index contributed by atoms with van der Waals surface area (Å²) in [7, 11) is 0. The third-order valence-electron chi connectivity index (χ3n) is 6.05. The number of hydrogen-bond acceptors (Lipinski definition) is 7. The highest BCUT2D eigenvalue weighted by Gasteiger charge is 2.48. The van der Waals surface area contributed by atoms with Crippen molar-refractivity contribution in [2.75, 3.05) is 39.4 Å². The zero-order chi connectivity index (χ0) is 23.5. The van der Waals surface area contributed by atoms with Crippen molar-refractivity contribution >= 4 is 23.1 Å². The summed E-state index contributed by atoms with van der Waals surface area (Å²) >= 11 is 0. The number of hydrogen-bond donors (Lipinski definition) is 1. The summed E-state index contributed by atoms with van der Waals surface area (Å²) in [4.78, 5) is 40.8. The van der Waals surface area contributed by atoms with E-state index in [4.69, 9.17) is 4.74 Å². The molecule has 2 aromatic rings. The van der Waals surface area contributed by atoms with E-state index in [2.05, 4.69) is 4.90 Å². The predicted octanol–water partition coefficient (Wildman–Crippen LogP) is 2.66. The second kappa shape index (κ2) is 9.51. The van der Waals surface area contributed by atoms with E-state index in [1.54, 1.807) is 30.3 Å². The molecule has 1 atom stereocenters. The molecule has 4 rings (SSSR count). The van der Waals surface area contributed by atoms with Crippen LogP contribution in [0.15, 0.2) is 54.1 Å². The number of benzene rings is 2. The van der Waals surface area contributed by atoms with Gasteiger partial charge in [-0.3, -0.25) is 24.6 Å². The molecule has 0 aliphatic carbocycles. The minimum absolute atomic E-state index is 0.139. The number of nitro benzene ring substituents is 1. The quantitative estimate of drug-likeness (QED) is 0.236. The van der Waals surface area contributed by atoms with Crippen molar-refractivity contribution in [2.45, 2.75) is 13.0 Å². The number of morpholine rings is 1. The standard InChI is InChI=1S/C24H25N3O6/c1-16-6-8-17(9-7-16)22(28)20-21(18-4-2-3-5-19(18)27(31)32)26(24(30)23(20)29)11-10-25-12-14-33-15-13-25/h2-9,21,28H,10-15H2,1H3. The lowest BCUT2D eigenvalue weighted by Gasteiger charge is -2.30. The smallest absolute Gasteiger partial charge is 0.295 e. The number of aryl methyl sites for hydroxylation is 1. The molecule has 2 aromatic carbocycles. The third-order valence-corrected chi connectivity index (χ3v) is 6.05. The Morgan fingerprint density at radius 2 is 1.76 bits per heavy atom.